The topological polar surface area (TPSA) is 220 Å². The van der Waals surface area contributed by atoms with E-state index < -0.39 is 60.2 Å². The molecule has 6 aromatic rings. The number of benzene rings is 6. The number of hydrogen-bond donors (Lipinski definition) is 4. The lowest BCUT2D eigenvalue weighted by Gasteiger charge is -2.14. The van der Waals surface area contributed by atoms with Crippen LogP contribution in [0.1, 0.15) is 97.5 Å². The summed E-state index contributed by atoms with van der Waals surface area (Å²) in [7, 11) is 1.31. The summed E-state index contributed by atoms with van der Waals surface area (Å²) in [5, 5.41) is 12.3. The fourth-order valence-electron chi connectivity index (χ4n) is 6.58. The van der Waals surface area contributed by atoms with Gasteiger partial charge >= 0.3 is 11.9 Å². The number of anilines is 3. The van der Waals surface area contributed by atoms with Gasteiger partial charge in [0.2, 0.25) is 0 Å². The Morgan fingerprint density at radius 1 is 0.471 bits per heavy atom. The van der Waals surface area contributed by atoms with Gasteiger partial charge < -0.3 is 30.7 Å². The van der Waals surface area contributed by atoms with Gasteiger partial charge in [0.1, 0.15) is 0 Å². The fraction of sp³-hybridized carbons (Fsp3) is 0.113. The van der Waals surface area contributed by atoms with Gasteiger partial charge in [0.15, 0.2) is 30.6 Å². The molecule has 68 heavy (non-hydrogen) atoms. The minimum atomic E-state index is -1.06. The van der Waals surface area contributed by atoms with Crippen LogP contribution in [0, 0.1) is 6.92 Å². The smallest absolute Gasteiger partial charge is 0.339 e. The zero-order valence-corrected chi connectivity index (χ0v) is 37.4. The molecule has 0 heterocycles. The van der Waals surface area contributed by atoms with Crippen molar-refractivity contribution in [3.8, 4) is 0 Å². The maximum atomic E-state index is 14.0. The molecule has 342 valence electrons. The lowest BCUT2D eigenvalue weighted by Crippen LogP contribution is -2.23. The van der Waals surface area contributed by atoms with Gasteiger partial charge in [0.05, 0.1) is 22.3 Å². The predicted molar refractivity (Wildman–Crippen MR) is 255 cm³/mol. The summed E-state index contributed by atoms with van der Waals surface area (Å²) in [4.78, 5) is 118. The van der Waals surface area contributed by atoms with Crippen molar-refractivity contribution < 1.29 is 52.6 Å². The Labute approximate surface area is 390 Å². The number of aryl methyl sites for hydroxylation is 1. The van der Waals surface area contributed by atoms with Crippen molar-refractivity contribution in [3.63, 3.8) is 0 Å². The third kappa shape index (κ3) is 11.4. The highest BCUT2D eigenvalue weighted by atomic mass is 16.5. The monoisotopic (exact) mass is 912 g/mol. The summed E-state index contributed by atoms with van der Waals surface area (Å²) in [5.74, 6) is -6.25. The van der Waals surface area contributed by atoms with Gasteiger partial charge in [0, 0.05) is 57.1 Å². The van der Waals surface area contributed by atoms with Crippen molar-refractivity contribution in [1.29, 1.82) is 0 Å². The van der Waals surface area contributed by atoms with Crippen LogP contribution < -0.4 is 21.3 Å². The average Bonchev–Trinajstić information content (AvgIpc) is 3.34. The molecule has 15 nitrogen and oxygen atoms in total. The molecule has 0 saturated heterocycles. The second-order valence-corrected chi connectivity index (χ2v) is 15.5. The minimum Gasteiger partial charge on any atom is -0.454 e. The largest absolute Gasteiger partial charge is 0.454 e. The normalized spacial score (nSPS) is 10.5. The van der Waals surface area contributed by atoms with Crippen LogP contribution in [0.4, 0.5) is 17.1 Å². The number of carbonyl (C=O) groups excluding carboxylic acids is 9. The van der Waals surface area contributed by atoms with E-state index in [0.717, 1.165) is 17.7 Å². The Bertz CT molecular complexity index is 3100. The molecule has 6 aromatic carbocycles. The summed E-state index contributed by atoms with van der Waals surface area (Å²) >= 11 is 0. The molecule has 4 amide bonds. The van der Waals surface area contributed by atoms with Gasteiger partial charge in [-0.15, -0.1) is 0 Å². The predicted octanol–water partition coefficient (Wildman–Crippen LogP) is 8.10. The molecule has 0 bridgehead atoms. The molecule has 6 rings (SSSR count). The Balaban J connectivity index is 1.23. The highest BCUT2D eigenvalue weighted by Crippen LogP contribution is 2.31. The number of ketones is 3. The van der Waals surface area contributed by atoms with E-state index in [2.05, 4.69) is 34.4 Å². The molecular formula is C53H44N4O11. The quantitative estimate of drug-likeness (QED) is 0.0389. The van der Waals surface area contributed by atoms with Crippen molar-refractivity contribution in [2.75, 3.05) is 36.2 Å². The molecule has 0 saturated carbocycles. The minimum absolute atomic E-state index is 0.0883. The van der Waals surface area contributed by atoms with Crippen molar-refractivity contribution >= 4 is 80.8 Å². The van der Waals surface area contributed by atoms with E-state index in [1.54, 1.807) is 30.3 Å². The molecule has 0 aliphatic rings. The first-order valence-corrected chi connectivity index (χ1v) is 20.8. The number of rotatable bonds is 17. The lowest BCUT2D eigenvalue weighted by molar-refractivity contribution is -0.119. The first-order chi connectivity index (χ1) is 32.4. The molecular weight excluding hydrogens is 869 g/mol. The molecule has 0 unspecified atom stereocenters. The number of hydrogen-bond acceptors (Lipinski definition) is 11. The van der Waals surface area contributed by atoms with Crippen LogP contribution in [-0.4, -0.2) is 73.2 Å². The Hall–Kier alpha value is -9.11. The Morgan fingerprint density at radius 2 is 0.882 bits per heavy atom. The van der Waals surface area contributed by atoms with Crippen LogP contribution >= 0.6 is 0 Å². The van der Waals surface area contributed by atoms with Crippen LogP contribution in [0.25, 0.3) is 10.8 Å². The van der Waals surface area contributed by atoms with E-state index in [4.69, 9.17) is 9.47 Å². The molecule has 0 aromatic heterocycles. The molecule has 0 fully saturated rings. The summed E-state index contributed by atoms with van der Waals surface area (Å²) in [5.41, 5.74) is 1.95. The molecule has 0 radical (unpaired) electrons. The Kier molecular flexibility index (Phi) is 15.1. The highest BCUT2D eigenvalue weighted by molar-refractivity contribution is 6.17. The number of carbonyl (C=O) groups is 9. The number of amides is 4. The summed E-state index contributed by atoms with van der Waals surface area (Å²) < 4.78 is 10.3. The van der Waals surface area contributed by atoms with E-state index in [1.807, 2.05) is 37.3 Å². The van der Waals surface area contributed by atoms with Crippen LogP contribution in [0.2, 0.25) is 0 Å². The molecule has 0 spiro atoms. The number of esters is 2. The van der Waals surface area contributed by atoms with Crippen molar-refractivity contribution in [3.05, 3.63) is 196 Å². The van der Waals surface area contributed by atoms with Gasteiger partial charge in [0.25, 0.3) is 23.6 Å². The second-order valence-electron chi connectivity index (χ2n) is 15.5. The average molecular weight is 913 g/mol. The first-order valence-electron chi connectivity index (χ1n) is 20.8. The second kappa shape index (κ2) is 21.3. The van der Waals surface area contributed by atoms with Gasteiger partial charge in [-0.2, -0.15) is 0 Å². The van der Waals surface area contributed by atoms with E-state index in [0.29, 0.717) is 27.7 Å². The third-order valence-electron chi connectivity index (χ3n) is 10.5. The van der Waals surface area contributed by atoms with Crippen LogP contribution in [0.5, 0.6) is 0 Å². The van der Waals surface area contributed by atoms with Crippen molar-refractivity contribution in [2.45, 2.75) is 20.8 Å². The van der Waals surface area contributed by atoms with Crippen molar-refractivity contribution in [2.24, 2.45) is 0 Å². The molecule has 0 aliphatic heterocycles. The molecule has 15 heteroatoms. The van der Waals surface area contributed by atoms with Gasteiger partial charge in [-0.25, -0.2) is 9.59 Å². The zero-order valence-electron chi connectivity index (χ0n) is 37.4. The van der Waals surface area contributed by atoms with Gasteiger partial charge in [-0.1, -0.05) is 67.3 Å². The van der Waals surface area contributed by atoms with E-state index in [9.17, 15) is 43.2 Å². The SMILES string of the molecule is C=C(C)C(=O)COC(=O)c1ccc(C(=O)c2ccc(C(=O)OCC(=O)C(=C)C)c(C(=O)Nc3ccc(C(=O)Nc4ccc(NC(=O)c5ccc(C)cc5)c5ccccc45)cc3)c2)cc1C(=O)NC. The number of nitrogens with one attached hydrogen (secondary N) is 4. The summed E-state index contributed by atoms with van der Waals surface area (Å²) in [6, 6.07) is 30.8. The molecule has 0 atom stereocenters. The summed E-state index contributed by atoms with van der Waals surface area (Å²) in [6.45, 7) is 10.6. The maximum absolute atomic E-state index is 14.0. The van der Waals surface area contributed by atoms with Crippen LogP contribution in [-0.2, 0) is 19.1 Å². The van der Waals surface area contributed by atoms with E-state index in [-0.39, 0.29) is 61.7 Å². The third-order valence-corrected chi connectivity index (χ3v) is 10.5. The summed E-state index contributed by atoms with van der Waals surface area (Å²) in [6.07, 6.45) is 0. The standard InChI is InChI=1S/C53H44N4O11/c1-29(2)45(58)27-67-52(65)39-21-17-34(25-41(39)50(63)54-6)47(60)35-18-22-40(53(66)68-28-46(59)30(3)4)42(26-35)51(64)55-36-19-15-33(16-20-36)49(62)57-44-24-23-43(37-9-7-8-10-38(37)44)56-48(61)32-13-11-31(5)12-14-32/h7-26H,1,3,27-28H2,2,4-6H3,(H,54,63)(H,55,64)(H,56,61)(H,57,62). The van der Waals surface area contributed by atoms with Crippen LogP contribution in [0.15, 0.2) is 146 Å². The van der Waals surface area contributed by atoms with E-state index in [1.165, 1.54) is 69.4 Å². The Morgan fingerprint density at radius 3 is 1.31 bits per heavy atom. The van der Waals surface area contributed by atoms with E-state index >= 15 is 0 Å². The number of fused-ring (bicyclic) bond motifs is 1. The number of ether oxygens (including phenoxy) is 2. The van der Waals surface area contributed by atoms with Gasteiger partial charge in [-0.3, -0.25) is 33.6 Å². The van der Waals surface area contributed by atoms with Crippen LogP contribution in [0.3, 0.4) is 0 Å². The first kappa shape index (κ1) is 48.3. The van der Waals surface area contributed by atoms with Gasteiger partial charge in [-0.05, 0) is 105 Å². The fourth-order valence-corrected chi connectivity index (χ4v) is 6.58. The van der Waals surface area contributed by atoms with Crippen molar-refractivity contribution in [1.82, 2.24) is 5.32 Å². The zero-order chi connectivity index (χ0) is 49.2. The molecule has 4 N–H and O–H groups in total. The molecule has 0 aliphatic carbocycles. The number of Topliss-reactive ketones (excluding diaryl/α,β-unsaturated/α-hetero) is 2. The maximum Gasteiger partial charge on any atom is 0.339 e. The lowest BCUT2D eigenvalue weighted by atomic mass is 9.95. The highest BCUT2D eigenvalue weighted by Gasteiger charge is 2.25.